The summed E-state index contributed by atoms with van der Waals surface area (Å²) >= 11 is -2.36. The summed E-state index contributed by atoms with van der Waals surface area (Å²) in [4.78, 5) is 0. The number of halogens is 3. The predicted octanol–water partition coefficient (Wildman–Crippen LogP) is -2.97. The zero-order valence-corrected chi connectivity index (χ0v) is 5.33. The van der Waals surface area contributed by atoms with Gasteiger partial charge >= 0.3 is 25.5 Å². The summed E-state index contributed by atoms with van der Waals surface area (Å²) in [6, 6.07) is 0. The van der Waals surface area contributed by atoms with Crippen LogP contribution in [0.3, 0.4) is 0 Å². The first-order chi connectivity index (χ1) is 3.46. The Balaban J connectivity index is -0.0000000300. The summed E-state index contributed by atoms with van der Waals surface area (Å²) < 4.78 is 46.6. The molecule has 0 radical (unpaired) electrons. The van der Waals surface area contributed by atoms with Gasteiger partial charge in [0.2, 0.25) is 0 Å². The van der Waals surface area contributed by atoms with Gasteiger partial charge in [0.05, 0.1) is 0 Å². The molecule has 0 aromatic rings. The average Bonchev–Trinajstić information content (AvgIpc) is 1.25. The van der Waals surface area contributed by atoms with Gasteiger partial charge in [-0.3, -0.25) is 9.35 Å². The Morgan fingerprint density at radius 3 is 1.56 bits per heavy atom. The van der Waals surface area contributed by atoms with Crippen molar-refractivity contribution >= 4 is 11.3 Å². The fourth-order valence-electron chi connectivity index (χ4n) is 0. The third-order valence-corrected chi connectivity index (χ3v) is 0. The van der Waals surface area contributed by atoms with Gasteiger partial charge in [0.1, 0.15) is 0 Å². The van der Waals surface area contributed by atoms with Crippen molar-refractivity contribution in [3.8, 4) is 0 Å². The summed E-state index contributed by atoms with van der Waals surface area (Å²) in [6.45, 7) is -3.67. The Kier molecular flexibility index (Phi) is 20.3. The molecule has 0 bridgehead atoms. The molecule has 0 rings (SSSR count). The summed E-state index contributed by atoms with van der Waals surface area (Å²) in [6.07, 6.45) is 0. The van der Waals surface area contributed by atoms with Crippen LogP contribution in [0.15, 0.2) is 0 Å². The number of alkyl halides is 3. The van der Waals surface area contributed by atoms with E-state index in [1.807, 2.05) is 0 Å². The first-order valence-corrected chi connectivity index (χ1v) is 2.36. The zero-order valence-electron chi connectivity index (χ0n) is 5.51. The standard InChI is InChI=1S/CHF3.Li.H3NO2S.H/c2-1(3)4;;1-4(2)3;/h1H;;1H2,(H,2,3);/q;+1;;-1/p-1. The van der Waals surface area contributed by atoms with E-state index in [1.54, 1.807) is 0 Å². The number of rotatable bonds is 0. The molecule has 0 heterocycles. The summed E-state index contributed by atoms with van der Waals surface area (Å²) in [5.74, 6) is 0. The van der Waals surface area contributed by atoms with Gasteiger partial charge in [0.15, 0.2) is 0 Å². The van der Waals surface area contributed by atoms with Crippen LogP contribution in [0.25, 0.3) is 0 Å². The molecule has 54 valence electrons. The molecule has 0 aromatic heterocycles. The van der Waals surface area contributed by atoms with E-state index < -0.39 is 17.9 Å². The molecule has 3 nitrogen and oxygen atoms in total. The Morgan fingerprint density at radius 2 is 1.56 bits per heavy atom. The van der Waals surface area contributed by atoms with Gasteiger partial charge in [0, 0.05) is 11.3 Å². The van der Waals surface area contributed by atoms with Crippen molar-refractivity contribution in [1.29, 1.82) is 0 Å². The fraction of sp³-hybridized carbons (Fsp3) is 1.00. The minimum absolute atomic E-state index is 0. The van der Waals surface area contributed by atoms with Crippen molar-refractivity contribution in [2.24, 2.45) is 5.14 Å². The van der Waals surface area contributed by atoms with Gasteiger partial charge in [0.25, 0.3) is 0 Å². The van der Waals surface area contributed by atoms with E-state index in [9.17, 15) is 13.2 Å². The first-order valence-electron chi connectivity index (χ1n) is 1.22. The van der Waals surface area contributed by atoms with Crippen LogP contribution >= 0.6 is 0 Å². The molecule has 0 spiro atoms. The van der Waals surface area contributed by atoms with E-state index in [0.29, 0.717) is 0 Å². The first kappa shape index (κ1) is 16.2. The van der Waals surface area contributed by atoms with E-state index in [2.05, 4.69) is 5.14 Å². The number of nitrogens with two attached hydrogens (primary N) is 1. The minimum Gasteiger partial charge on any atom is -1.00 e. The molecule has 1 unspecified atom stereocenters. The van der Waals surface area contributed by atoms with Crippen molar-refractivity contribution in [3.63, 3.8) is 0 Å². The third kappa shape index (κ3) is 1690. The molecule has 0 aromatic carbocycles. The molecule has 0 aliphatic heterocycles. The number of hydrogen-bond donors (Lipinski definition) is 1. The minimum atomic E-state index is -3.67. The zero-order chi connectivity index (χ0) is 7.15. The third-order valence-electron chi connectivity index (χ3n) is 0. The Bertz CT molecular complexity index is 70.8. The van der Waals surface area contributed by atoms with Crippen LogP contribution < -0.4 is 24.0 Å². The molecule has 0 amide bonds. The summed E-state index contributed by atoms with van der Waals surface area (Å²) in [7, 11) is 0. The van der Waals surface area contributed by atoms with Crippen molar-refractivity contribution in [2.45, 2.75) is 6.68 Å². The van der Waals surface area contributed by atoms with Gasteiger partial charge in [-0.15, -0.1) is 0 Å². The van der Waals surface area contributed by atoms with Crippen LogP contribution in [0.5, 0.6) is 0 Å². The summed E-state index contributed by atoms with van der Waals surface area (Å²) in [5, 5.41) is 4.03. The van der Waals surface area contributed by atoms with Gasteiger partial charge in [-0.25, -0.2) is 0 Å². The quantitative estimate of drug-likeness (QED) is 0.302. The molecule has 0 saturated heterocycles. The average molecular weight is 158 g/mol. The van der Waals surface area contributed by atoms with Crippen LogP contribution in [0.4, 0.5) is 13.2 Å². The van der Waals surface area contributed by atoms with Crippen molar-refractivity contribution in [2.75, 3.05) is 0 Å². The second kappa shape index (κ2) is 11.3. The van der Waals surface area contributed by atoms with Crippen LogP contribution in [0, 0.1) is 0 Å². The topological polar surface area (TPSA) is 66.2 Å². The van der Waals surface area contributed by atoms with Crippen molar-refractivity contribution in [1.82, 2.24) is 0 Å². The second-order valence-electron chi connectivity index (χ2n) is 0.508. The SMILES string of the molecule is FC(F)F.NS(=O)[O-].[H-].[Li+]. The predicted molar refractivity (Wildman–Crippen MR) is 21.3 cm³/mol. The number of hydrogen-bond acceptors (Lipinski definition) is 2. The maximum atomic E-state index is 9.67. The summed E-state index contributed by atoms with van der Waals surface area (Å²) in [5.41, 5.74) is 0. The van der Waals surface area contributed by atoms with Gasteiger partial charge in [-0.1, -0.05) is 0 Å². The Labute approximate surface area is 65.9 Å². The van der Waals surface area contributed by atoms with Crippen LogP contribution in [0.2, 0.25) is 0 Å². The van der Waals surface area contributed by atoms with E-state index in [1.165, 1.54) is 0 Å². The van der Waals surface area contributed by atoms with E-state index in [0.717, 1.165) is 0 Å². The molecule has 2 N–H and O–H groups in total. The Hall–Kier alpha value is 0.457. The van der Waals surface area contributed by atoms with Crippen LogP contribution in [0.1, 0.15) is 1.43 Å². The van der Waals surface area contributed by atoms with Crippen LogP contribution in [-0.2, 0) is 11.3 Å². The van der Waals surface area contributed by atoms with E-state index in [-0.39, 0.29) is 20.3 Å². The maximum absolute atomic E-state index is 9.67. The molecular weight excluding hydrogens is 154 g/mol. The molecule has 8 heteroatoms. The molecule has 0 fully saturated rings. The smallest absolute Gasteiger partial charge is 1.00 e. The molecule has 1 atom stereocenters. The van der Waals surface area contributed by atoms with Crippen molar-refractivity contribution < 1.29 is 42.2 Å². The second-order valence-corrected chi connectivity index (χ2v) is 1.03. The molecule has 0 saturated carbocycles. The maximum Gasteiger partial charge on any atom is 1.00 e. The molecule has 0 aliphatic carbocycles. The van der Waals surface area contributed by atoms with Gasteiger partial charge in [-0.05, 0) is 0 Å². The van der Waals surface area contributed by atoms with E-state index >= 15 is 0 Å². The monoisotopic (exact) mass is 158 g/mol. The van der Waals surface area contributed by atoms with Crippen LogP contribution in [-0.4, -0.2) is 15.4 Å². The molecule has 0 aliphatic rings. The molecular formula is CH4F3LiNO2S-. The largest absolute Gasteiger partial charge is 1.00 e. The molecule has 9 heavy (non-hydrogen) atoms. The normalized spacial score (nSPS) is 10.9. The van der Waals surface area contributed by atoms with Crippen molar-refractivity contribution in [3.05, 3.63) is 0 Å². The fourth-order valence-corrected chi connectivity index (χ4v) is 0. The van der Waals surface area contributed by atoms with Gasteiger partial charge < -0.3 is 5.98 Å². The van der Waals surface area contributed by atoms with Gasteiger partial charge in [-0.2, -0.15) is 13.2 Å². The van der Waals surface area contributed by atoms with E-state index in [4.69, 9.17) is 8.76 Å². The Morgan fingerprint density at radius 1 is 1.56 bits per heavy atom.